The highest BCUT2D eigenvalue weighted by Gasteiger charge is 2.28. The van der Waals surface area contributed by atoms with Gasteiger partial charge < -0.3 is 10.6 Å². The van der Waals surface area contributed by atoms with Crippen LogP contribution in [0.5, 0.6) is 0 Å². The molecule has 0 spiro atoms. The predicted octanol–water partition coefficient (Wildman–Crippen LogP) is 4.03. The molecule has 2 N–H and O–H groups in total. The first-order valence-corrected chi connectivity index (χ1v) is 8.27. The Hall–Kier alpha value is -1.36. The van der Waals surface area contributed by atoms with Crippen LogP contribution in [-0.4, -0.2) is 22.6 Å². The van der Waals surface area contributed by atoms with Crippen molar-refractivity contribution < 1.29 is 0 Å². The number of anilines is 2. The number of hydrogen-bond acceptors (Lipinski definition) is 5. The number of aromatic nitrogens is 2. The van der Waals surface area contributed by atoms with Gasteiger partial charge in [0.2, 0.25) is 5.95 Å². The molecule has 1 fully saturated rings. The maximum atomic E-state index is 4.68. The molecule has 108 valence electrons. The summed E-state index contributed by atoms with van der Waals surface area (Å²) in [5, 5.41) is 8.05. The van der Waals surface area contributed by atoms with E-state index in [1.807, 2.05) is 0 Å². The van der Waals surface area contributed by atoms with Crippen LogP contribution < -0.4 is 10.6 Å². The molecular weight excluding hydrogens is 268 g/mol. The molecule has 1 aliphatic rings. The topological polar surface area (TPSA) is 49.8 Å². The third kappa shape index (κ3) is 2.87. The van der Waals surface area contributed by atoms with Crippen molar-refractivity contribution in [2.24, 2.45) is 5.92 Å². The van der Waals surface area contributed by atoms with E-state index in [1.165, 1.54) is 17.7 Å². The SMILES string of the molecule is CCCNc1nc(NC(C)C2CC2)c2cc(C)sc2n1. The van der Waals surface area contributed by atoms with Gasteiger partial charge in [0.25, 0.3) is 0 Å². The van der Waals surface area contributed by atoms with Crippen LogP contribution in [0.3, 0.4) is 0 Å². The summed E-state index contributed by atoms with van der Waals surface area (Å²) in [6.07, 6.45) is 3.75. The lowest BCUT2D eigenvalue weighted by Gasteiger charge is -2.15. The normalized spacial score (nSPS) is 16.4. The van der Waals surface area contributed by atoms with Gasteiger partial charge in [0.15, 0.2) is 0 Å². The molecule has 20 heavy (non-hydrogen) atoms. The number of fused-ring (bicyclic) bond motifs is 1. The lowest BCUT2D eigenvalue weighted by atomic mass is 10.2. The highest BCUT2D eigenvalue weighted by molar-refractivity contribution is 7.18. The van der Waals surface area contributed by atoms with Gasteiger partial charge in [-0.3, -0.25) is 0 Å². The molecule has 0 bridgehead atoms. The van der Waals surface area contributed by atoms with Gasteiger partial charge in [-0.25, -0.2) is 4.98 Å². The van der Waals surface area contributed by atoms with E-state index in [-0.39, 0.29) is 0 Å². The van der Waals surface area contributed by atoms with E-state index in [1.54, 1.807) is 11.3 Å². The molecule has 1 unspecified atom stereocenters. The molecule has 0 aromatic carbocycles. The minimum Gasteiger partial charge on any atom is -0.367 e. The second-order valence-corrected chi connectivity index (χ2v) is 6.90. The Balaban J connectivity index is 1.93. The van der Waals surface area contributed by atoms with Crippen LogP contribution in [-0.2, 0) is 0 Å². The summed E-state index contributed by atoms with van der Waals surface area (Å²) in [6.45, 7) is 7.44. The lowest BCUT2D eigenvalue weighted by molar-refractivity contribution is 0.691. The highest BCUT2D eigenvalue weighted by atomic mass is 32.1. The number of nitrogens with one attached hydrogen (secondary N) is 2. The fraction of sp³-hybridized carbons (Fsp3) is 0.600. The van der Waals surface area contributed by atoms with Crippen molar-refractivity contribution in [3.8, 4) is 0 Å². The zero-order chi connectivity index (χ0) is 14.1. The molecule has 5 heteroatoms. The Bertz CT molecular complexity index is 603. The van der Waals surface area contributed by atoms with Crippen LogP contribution >= 0.6 is 11.3 Å². The number of hydrogen-bond donors (Lipinski definition) is 2. The standard InChI is InChI=1S/C15H22N4S/c1-4-7-16-15-18-13(17-10(3)11-5-6-11)12-8-9(2)20-14(12)19-15/h8,10-11H,4-7H2,1-3H3,(H2,16,17,18,19). The third-order valence-corrected chi connectivity index (χ3v) is 4.69. The average Bonchev–Trinajstić information content (AvgIpc) is 3.19. The Kier molecular flexibility index (Phi) is 3.78. The van der Waals surface area contributed by atoms with Crippen molar-refractivity contribution in [1.29, 1.82) is 0 Å². The zero-order valence-corrected chi connectivity index (χ0v) is 13.2. The minimum atomic E-state index is 0.493. The van der Waals surface area contributed by atoms with Gasteiger partial charge in [-0.1, -0.05) is 6.92 Å². The van der Waals surface area contributed by atoms with Crippen LogP contribution in [0.4, 0.5) is 11.8 Å². The smallest absolute Gasteiger partial charge is 0.226 e. The molecule has 1 saturated carbocycles. The minimum absolute atomic E-state index is 0.493. The van der Waals surface area contributed by atoms with E-state index in [9.17, 15) is 0 Å². The van der Waals surface area contributed by atoms with Crippen molar-refractivity contribution in [3.05, 3.63) is 10.9 Å². The number of rotatable bonds is 6. The first-order chi connectivity index (χ1) is 9.67. The second-order valence-electron chi connectivity index (χ2n) is 5.67. The summed E-state index contributed by atoms with van der Waals surface area (Å²) >= 11 is 1.73. The van der Waals surface area contributed by atoms with Crippen molar-refractivity contribution in [1.82, 2.24) is 9.97 Å². The van der Waals surface area contributed by atoms with Gasteiger partial charge in [-0.15, -0.1) is 11.3 Å². The van der Waals surface area contributed by atoms with Gasteiger partial charge in [-0.05, 0) is 45.1 Å². The van der Waals surface area contributed by atoms with E-state index in [0.717, 1.165) is 40.9 Å². The van der Waals surface area contributed by atoms with Crippen LogP contribution in [0.2, 0.25) is 0 Å². The van der Waals surface area contributed by atoms with Crippen LogP contribution in [0, 0.1) is 12.8 Å². The Morgan fingerprint density at radius 2 is 2.20 bits per heavy atom. The molecule has 0 saturated heterocycles. The molecule has 1 atom stereocenters. The fourth-order valence-corrected chi connectivity index (χ4v) is 3.28. The summed E-state index contributed by atoms with van der Waals surface area (Å²) in [7, 11) is 0. The second kappa shape index (κ2) is 5.56. The predicted molar refractivity (Wildman–Crippen MR) is 86.7 cm³/mol. The fourth-order valence-electron chi connectivity index (χ4n) is 2.40. The maximum absolute atomic E-state index is 4.68. The van der Waals surface area contributed by atoms with Gasteiger partial charge in [0, 0.05) is 17.5 Å². The van der Waals surface area contributed by atoms with E-state index in [2.05, 4.69) is 47.4 Å². The summed E-state index contributed by atoms with van der Waals surface area (Å²) in [5.41, 5.74) is 0. The summed E-state index contributed by atoms with van der Waals surface area (Å²) in [4.78, 5) is 11.6. The summed E-state index contributed by atoms with van der Waals surface area (Å²) in [6, 6.07) is 2.68. The molecular formula is C15H22N4S. The molecule has 0 aliphatic heterocycles. The zero-order valence-electron chi connectivity index (χ0n) is 12.4. The van der Waals surface area contributed by atoms with Gasteiger partial charge >= 0.3 is 0 Å². The summed E-state index contributed by atoms with van der Waals surface area (Å²) in [5.74, 6) is 2.54. The van der Waals surface area contributed by atoms with Crippen molar-refractivity contribution in [2.75, 3.05) is 17.2 Å². The number of nitrogens with zero attached hydrogens (tertiary/aromatic N) is 2. The molecule has 3 rings (SSSR count). The van der Waals surface area contributed by atoms with Crippen molar-refractivity contribution in [3.63, 3.8) is 0 Å². The van der Waals surface area contributed by atoms with Crippen molar-refractivity contribution in [2.45, 2.75) is 46.1 Å². The average molecular weight is 290 g/mol. The molecule has 0 radical (unpaired) electrons. The first-order valence-electron chi connectivity index (χ1n) is 7.46. The lowest BCUT2D eigenvalue weighted by Crippen LogP contribution is -2.19. The van der Waals surface area contributed by atoms with Gasteiger partial charge in [0.05, 0.1) is 5.39 Å². The van der Waals surface area contributed by atoms with E-state index in [4.69, 9.17) is 0 Å². The molecule has 1 aliphatic carbocycles. The van der Waals surface area contributed by atoms with Crippen LogP contribution in [0.25, 0.3) is 10.2 Å². The monoisotopic (exact) mass is 290 g/mol. The van der Waals surface area contributed by atoms with Crippen LogP contribution in [0.1, 0.15) is 38.0 Å². The first kappa shape index (κ1) is 13.6. The van der Waals surface area contributed by atoms with E-state index in [0.29, 0.717) is 6.04 Å². The van der Waals surface area contributed by atoms with E-state index < -0.39 is 0 Å². The molecule has 2 heterocycles. The van der Waals surface area contributed by atoms with Gasteiger partial charge in [-0.2, -0.15) is 4.98 Å². The number of aryl methyl sites for hydroxylation is 1. The molecule has 2 aromatic rings. The Morgan fingerprint density at radius 3 is 2.90 bits per heavy atom. The Labute approximate surface area is 124 Å². The van der Waals surface area contributed by atoms with Crippen molar-refractivity contribution >= 4 is 33.3 Å². The largest absolute Gasteiger partial charge is 0.367 e. The summed E-state index contributed by atoms with van der Waals surface area (Å²) < 4.78 is 0. The maximum Gasteiger partial charge on any atom is 0.226 e. The number of thiophene rings is 1. The third-order valence-electron chi connectivity index (χ3n) is 3.74. The van der Waals surface area contributed by atoms with Crippen LogP contribution in [0.15, 0.2) is 6.07 Å². The quantitative estimate of drug-likeness (QED) is 0.843. The molecule has 2 aromatic heterocycles. The highest BCUT2D eigenvalue weighted by Crippen LogP contribution is 2.36. The Morgan fingerprint density at radius 1 is 1.40 bits per heavy atom. The molecule has 0 amide bonds. The van der Waals surface area contributed by atoms with Gasteiger partial charge in [0.1, 0.15) is 10.6 Å². The molecule has 4 nitrogen and oxygen atoms in total. The van der Waals surface area contributed by atoms with E-state index >= 15 is 0 Å².